The number of methoxy groups -OCH3 is 1. The van der Waals surface area contributed by atoms with E-state index in [9.17, 15) is 9.59 Å². The second kappa shape index (κ2) is 5.84. The summed E-state index contributed by atoms with van der Waals surface area (Å²) in [5.41, 5.74) is 0.445. The summed E-state index contributed by atoms with van der Waals surface area (Å²) in [4.78, 5) is 23.3. The second-order valence-corrected chi connectivity index (χ2v) is 4.92. The first-order valence-corrected chi connectivity index (χ1v) is 6.01. The Morgan fingerprint density at radius 3 is 2.35 bits per heavy atom. The molecule has 1 aliphatic carbocycles. The van der Waals surface area contributed by atoms with E-state index in [1.165, 1.54) is 7.11 Å². The molecule has 0 bridgehead atoms. The maximum Gasteiger partial charge on any atom is 0.313 e. The Kier molecular flexibility index (Phi) is 4.73. The maximum atomic E-state index is 11.8. The number of ether oxygens (including phenoxy) is 1. The van der Waals surface area contributed by atoms with Gasteiger partial charge in [0.15, 0.2) is 0 Å². The van der Waals surface area contributed by atoms with Gasteiger partial charge in [-0.2, -0.15) is 0 Å². The SMILES string of the molecule is COC(=O)C1(CNC(=O)C=C(C)C)CCCC1. The van der Waals surface area contributed by atoms with Crippen molar-refractivity contribution in [2.24, 2.45) is 5.41 Å². The smallest absolute Gasteiger partial charge is 0.313 e. The lowest BCUT2D eigenvalue weighted by atomic mass is 9.86. The van der Waals surface area contributed by atoms with Gasteiger partial charge in [-0.1, -0.05) is 18.4 Å². The van der Waals surface area contributed by atoms with Crippen molar-refractivity contribution in [1.29, 1.82) is 0 Å². The van der Waals surface area contributed by atoms with Crippen molar-refractivity contribution < 1.29 is 14.3 Å². The van der Waals surface area contributed by atoms with E-state index in [1.54, 1.807) is 6.08 Å². The minimum absolute atomic E-state index is 0.139. The Labute approximate surface area is 102 Å². The Morgan fingerprint density at radius 2 is 1.88 bits per heavy atom. The lowest BCUT2D eigenvalue weighted by Crippen LogP contribution is -2.41. The molecular formula is C13H21NO3. The quantitative estimate of drug-likeness (QED) is 0.601. The zero-order valence-corrected chi connectivity index (χ0v) is 10.8. The second-order valence-electron chi connectivity index (χ2n) is 4.92. The molecule has 0 atom stereocenters. The highest BCUT2D eigenvalue weighted by atomic mass is 16.5. The molecule has 0 aromatic rings. The Balaban J connectivity index is 2.60. The number of amides is 1. The zero-order chi connectivity index (χ0) is 12.9. The summed E-state index contributed by atoms with van der Waals surface area (Å²) in [6.07, 6.45) is 5.19. The van der Waals surface area contributed by atoms with Gasteiger partial charge in [0, 0.05) is 12.6 Å². The number of nitrogens with one attached hydrogen (secondary N) is 1. The first-order valence-electron chi connectivity index (χ1n) is 6.01. The number of carbonyl (C=O) groups excluding carboxylic acids is 2. The third-order valence-electron chi connectivity index (χ3n) is 3.20. The fourth-order valence-electron chi connectivity index (χ4n) is 2.29. The molecule has 1 fully saturated rings. The summed E-state index contributed by atoms with van der Waals surface area (Å²) in [6.45, 7) is 4.11. The van der Waals surface area contributed by atoms with Crippen LogP contribution in [0.15, 0.2) is 11.6 Å². The molecule has 0 saturated heterocycles. The van der Waals surface area contributed by atoms with Crippen LogP contribution in [0.5, 0.6) is 0 Å². The Bertz CT molecular complexity index is 324. The first-order chi connectivity index (χ1) is 8.00. The van der Waals surface area contributed by atoms with Crippen molar-refractivity contribution in [2.75, 3.05) is 13.7 Å². The predicted octanol–water partition coefficient (Wildman–Crippen LogP) is 1.80. The lowest BCUT2D eigenvalue weighted by molar-refractivity contribution is -0.152. The molecule has 1 rings (SSSR count). The average molecular weight is 239 g/mol. The number of esters is 1. The van der Waals surface area contributed by atoms with Crippen LogP contribution in [0.4, 0.5) is 0 Å². The molecule has 4 heteroatoms. The van der Waals surface area contributed by atoms with Crippen LogP contribution in [0.25, 0.3) is 0 Å². The van der Waals surface area contributed by atoms with E-state index in [0.29, 0.717) is 6.54 Å². The number of carbonyl (C=O) groups is 2. The van der Waals surface area contributed by atoms with Crippen molar-refractivity contribution in [1.82, 2.24) is 5.32 Å². The van der Waals surface area contributed by atoms with Gasteiger partial charge in [-0.15, -0.1) is 0 Å². The molecule has 96 valence electrons. The van der Waals surface area contributed by atoms with E-state index < -0.39 is 5.41 Å². The topological polar surface area (TPSA) is 55.4 Å². The van der Waals surface area contributed by atoms with Crippen LogP contribution in [-0.2, 0) is 14.3 Å². The van der Waals surface area contributed by atoms with Crippen molar-refractivity contribution >= 4 is 11.9 Å². The fraction of sp³-hybridized carbons (Fsp3) is 0.692. The fourth-order valence-corrected chi connectivity index (χ4v) is 2.29. The first kappa shape index (κ1) is 13.7. The molecule has 0 aromatic heterocycles. The van der Waals surface area contributed by atoms with Crippen LogP contribution in [0, 0.1) is 5.41 Å². The monoisotopic (exact) mass is 239 g/mol. The van der Waals surface area contributed by atoms with Crippen molar-refractivity contribution in [3.63, 3.8) is 0 Å². The Morgan fingerprint density at radius 1 is 1.29 bits per heavy atom. The third-order valence-corrected chi connectivity index (χ3v) is 3.20. The van der Waals surface area contributed by atoms with E-state index in [4.69, 9.17) is 4.74 Å². The molecular weight excluding hydrogens is 218 g/mol. The number of hydrogen-bond donors (Lipinski definition) is 1. The molecule has 1 aliphatic rings. The van der Waals surface area contributed by atoms with E-state index in [-0.39, 0.29) is 11.9 Å². The average Bonchev–Trinajstić information content (AvgIpc) is 2.74. The molecule has 0 heterocycles. The number of allylic oxidation sites excluding steroid dienone is 1. The van der Waals surface area contributed by atoms with E-state index in [2.05, 4.69) is 5.32 Å². The number of hydrogen-bond acceptors (Lipinski definition) is 3. The molecule has 0 aromatic carbocycles. The van der Waals surface area contributed by atoms with Crippen LogP contribution in [0.3, 0.4) is 0 Å². The highest BCUT2D eigenvalue weighted by Gasteiger charge is 2.42. The summed E-state index contributed by atoms with van der Waals surface area (Å²) in [7, 11) is 1.40. The van der Waals surface area contributed by atoms with Crippen LogP contribution < -0.4 is 5.32 Å². The van der Waals surface area contributed by atoms with Gasteiger partial charge in [0.25, 0.3) is 0 Å². The normalized spacial score (nSPS) is 17.4. The third kappa shape index (κ3) is 3.58. The van der Waals surface area contributed by atoms with Gasteiger partial charge in [0.05, 0.1) is 12.5 Å². The van der Waals surface area contributed by atoms with Crippen LogP contribution in [0.1, 0.15) is 39.5 Å². The summed E-state index contributed by atoms with van der Waals surface area (Å²) in [5.74, 6) is -0.340. The summed E-state index contributed by atoms with van der Waals surface area (Å²) in [6, 6.07) is 0. The molecule has 17 heavy (non-hydrogen) atoms. The Hall–Kier alpha value is -1.32. The van der Waals surface area contributed by atoms with Gasteiger partial charge >= 0.3 is 5.97 Å². The van der Waals surface area contributed by atoms with Gasteiger partial charge < -0.3 is 10.1 Å². The summed E-state index contributed by atoms with van der Waals surface area (Å²) in [5, 5.41) is 2.80. The zero-order valence-electron chi connectivity index (χ0n) is 10.8. The minimum atomic E-state index is -0.500. The molecule has 1 saturated carbocycles. The summed E-state index contributed by atoms with van der Waals surface area (Å²) >= 11 is 0. The number of rotatable bonds is 4. The molecule has 1 N–H and O–H groups in total. The molecule has 0 radical (unpaired) electrons. The van der Waals surface area contributed by atoms with Crippen LogP contribution >= 0.6 is 0 Å². The van der Waals surface area contributed by atoms with Crippen molar-refractivity contribution in [2.45, 2.75) is 39.5 Å². The predicted molar refractivity (Wildman–Crippen MR) is 65.4 cm³/mol. The largest absolute Gasteiger partial charge is 0.469 e. The molecule has 0 spiro atoms. The van der Waals surface area contributed by atoms with Gasteiger partial charge in [-0.3, -0.25) is 9.59 Å². The van der Waals surface area contributed by atoms with E-state index >= 15 is 0 Å². The van der Waals surface area contributed by atoms with Gasteiger partial charge in [-0.05, 0) is 26.7 Å². The van der Waals surface area contributed by atoms with Crippen molar-refractivity contribution in [3.8, 4) is 0 Å². The molecule has 0 aliphatic heterocycles. The molecule has 4 nitrogen and oxygen atoms in total. The van der Waals surface area contributed by atoms with E-state index in [1.807, 2.05) is 13.8 Å². The summed E-state index contributed by atoms with van der Waals surface area (Å²) < 4.78 is 4.85. The highest BCUT2D eigenvalue weighted by Crippen LogP contribution is 2.38. The standard InChI is InChI=1S/C13H21NO3/c1-10(2)8-11(15)14-9-13(12(16)17-3)6-4-5-7-13/h8H,4-7,9H2,1-3H3,(H,14,15). The lowest BCUT2D eigenvalue weighted by Gasteiger charge is -2.25. The van der Waals surface area contributed by atoms with Crippen LogP contribution in [0.2, 0.25) is 0 Å². The van der Waals surface area contributed by atoms with Gasteiger partial charge in [0.2, 0.25) is 5.91 Å². The maximum absolute atomic E-state index is 11.8. The van der Waals surface area contributed by atoms with Crippen LogP contribution in [-0.4, -0.2) is 25.5 Å². The highest BCUT2D eigenvalue weighted by molar-refractivity contribution is 5.88. The van der Waals surface area contributed by atoms with E-state index in [0.717, 1.165) is 31.3 Å². The van der Waals surface area contributed by atoms with Gasteiger partial charge in [-0.25, -0.2) is 0 Å². The molecule has 1 amide bonds. The molecule has 0 unspecified atom stereocenters. The van der Waals surface area contributed by atoms with Gasteiger partial charge in [0.1, 0.15) is 0 Å². The minimum Gasteiger partial charge on any atom is -0.469 e. The van der Waals surface area contributed by atoms with Crippen molar-refractivity contribution in [3.05, 3.63) is 11.6 Å².